The number of amides is 2. The standard InChI is InChI=1S/C29H31N3O5S/c1-18-24-25(28(35)32(17-19-8-3-2-4-9-19)22-12-7-15-30-16-23(22)33)38(36,37)26-21-11-6-5-10-20(21)13-14-29(24,26)31-27(18)34/h2-6,8-11,13-14,18,22,24-26,30H,7,12,15-17H2,1H3,(H,31,34)/t18?,22-,24?,25?,26?,29?/m0/s1. The van der Waals surface area contributed by atoms with Crippen LogP contribution in [0.25, 0.3) is 6.08 Å². The van der Waals surface area contributed by atoms with Gasteiger partial charge in [-0.3, -0.25) is 14.4 Å². The highest BCUT2D eigenvalue weighted by atomic mass is 32.2. The number of nitrogens with one attached hydrogen (secondary N) is 2. The average Bonchev–Trinajstić information content (AvgIpc) is 3.12. The summed E-state index contributed by atoms with van der Waals surface area (Å²) >= 11 is 0. The van der Waals surface area contributed by atoms with Crippen LogP contribution in [-0.2, 0) is 30.8 Å². The van der Waals surface area contributed by atoms with Crippen molar-refractivity contribution in [3.63, 3.8) is 0 Å². The third kappa shape index (κ3) is 3.66. The minimum absolute atomic E-state index is 0.120. The minimum atomic E-state index is -4.11. The highest BCUT2D eigenvalue weighted by Crippen LogP contribution is 2.59. The van der Waals surface area contributed by atoms with E-state index < -0.39 is 49.7 Å². The molecule has 198 valence electrons. The molecule has 3 fully saturated rings. The first-order valence-corrected chi connectivity index (χ1v) is 14.8. The van der Waals surface area contributed by atoms with Crippen LogP contribution in [0.5, 0.6) is 0 Å². The Morgan fingerprint density at radius 2 is 1.82 bits per heavy atom. The normalized spacial score (nSPS) is 33.0. The van der Waals surface area contributed by atoms with E-state index in [1.54, 1.807) is 25.1 Å². The number of carbonyl (C=O) groups is 3. The molecule has 5 unspecified atom stereocenters. The molecule has 8 nitrogen and oxygen atoms in total. The first kappa shape index (κ1) is 25.0. The van der Waals surface area contributed by atoms with E-state index in [1.807, 2.05) is 48.5 Å². The zero-order chi connectivity index (χ0) is 26.7. The quantitative estimate of drug-likeness (QED) is 0.622. The lowest BCUT2D eigenvalue weighted by atomic mass is 9.71. The molecular weight excluding hydrogens is 502 g/mol. The van der Waals surface area contributed by atoms with Gasteiger partial charge in [-0.15, -0.1) is 0 Å². The zero-order valence-corrected chi connectivity index (χ0v) is 22.0. The van der Waals surface area contributed by atoms with Crippen molar-refractivity contribution < 1.29 is 22.8 Å². The van der Waals surface area contributed by atoms with Crippen molar-refractivity contribution in [1.82, 2.24) is 15.5 Å². The van der Waals surface area contributed by atoms with E-state index in [0.717, 1.165) is 11.1 Å². The van der Waals surface area contributed by atoms with Crippen molar-refractivity contribution in [3.05, 3.63) is 77.4 Å². The summed E-state index contributed by atoms with van der Waals surface area (Å²) < 4.78 is 28.9. The minimum Gasteiger partial charge on any atom is -0.345 e. The summed E-state index contributed by atoms with van der Waals surface area (Å²) in [6.45, 7) is 2.60. The number of rotatable bonds is 4. The smallest absolute Gasteiger partial charge is 0.242 e. The summed E-state index contributed by atoms with van der Waals surface area (Å²) in [6, 6.07) is 15.8. The Morgan fingerprint density at radius 3 is 2.61 bits per heavy atom. The number of nitrogens with zero attached hydrogens (tertiary/aromatic N) is 1. The molecule has 2 N–H and O–H groups in total. The molecule has 3 saturated heterocycles. The molecule has 2 aromatic rings. The molecule has 0 bridgehead atoms. The number of ketones is 1. The summed E-state index contributed by atoms with van der Waals surface area (Å²) in [5.41, 5.74) is 0.956. The Hall–Kier alpha value is -3.30. The molecule has 2 aromatic carbocycles. The van der Waals surface area contributed by atoms with Crippen molar-refractivity contribution in [3.8, 4) is 0 Å². The fourth-order valence-corrected chi connectivity index (χ4v) is 9.97. The van der Waals surface area contributed by atoms with Crippen LogP contribution in [0.15, 0.2) is 60.7 Å². The predicted octanol–water partition coefficient (Wildman–Crippen LogP) is 2.02. The number of sulfone groups is 1. The van der Waals surface area contributed by atoms with Gasteiger partial charge in [-0.1, -0.05) is 73.7 Å². The number of Topliss-reactive ketones (excluding diaryl/α,β-unsaturated/α-hetero) is 1. The second-order valence-corrected chi connectivity index (χ2v) is 13.0. The van der Waals surface area contributed by atoms with Crippen LogP contribution < -0.4 is 10.6 Å². The SMILES string of the molecule is CC1C(=O)NC23C=Cc4ccccc4C2S(=O)(=O)C(C(=O)N(Cc2ccccc2)[C@H]2CCCNCC2=O)C13. The maximum atomic E-state index is 14.6. The summed E-state index contributed by atoms with van der Waals surface area (Å²) in [5, 5.41) is 3.57. The van der Waals surface area contributed by atoms with Gasteiger partial charge in [-0.05, 0) is 36.1 Å². The van der Waals surface area contributed by atoms with Crippen LogP contribution in [-0.4, -0.2) is 60.8 Å². The Labute approximate surface area is 222 Å². The number of hydrogen-bond acceptors (Lipinski definition) is 6. The molecule has 0 radical (unpaired) electrons. The Morgan fingerprint density at radius 1 is 1.08 bits per heavy atom. The van der Waals surface area contributed by atoms with Crippen molar-refractivity contribution in [2.75, 3.05) is 13.1 Å². The molecule has 3 heterocycles. The second kappa shape index (κ2) is 9.17. The predicted molar refractivity (Wildman–Crippen MR) is 142 cm³/mol. The Kier molecular flexibility index (Phi) is 6.03. The number of fused-ring (bicyclic) bond motifs is 2. The summed E-state index contributed by atoms with van der Waals surface area (Å²) in [4.78, 5) is 42.3. The zero-order valence-electron chi connectivity index (χ0n) is 21.2. The van der Waals surface area contributed by atoms with Crippen LogP contribution in [0.3, 0.4) is 0 Å². The van der Waals surface area contributed by atoms with Gasteiger partial charge in [-0.25, -0.2) is 8.42 Å². The molecular formula is C29H31N3O5S. The molecule has 0 saturated carbocycles. The number of hydrogen-bond donors (Lipinski definition) is 2. The van der Waals surface area contributed by atoms with Crippen molar-refractivity contribution in [1.29, 1.82) is 0 Å². The van der Waals surface area contributed by atoms with E-state index in [4.69, 9.17) is 0 Å². The average molecular weight is 534 g/mol. The van der Waals surface area contributed by atoms with E-state index in [-0.39, 0.29) is 24.8 Å². The van der Waals surface area contributed by atoms with Gasteiger partial charge in [-0.2, -0.15) is 0 Å². The van der Waals surface area contributed by atoms with Crippen molar-refractivity contribution in [2.24, 2.45) is 11.8 Å². The second-order valence-electron chi connectivity index (χ2n) is 10.8. The maximum absolute atomic E-state index is 14.6. The van der Waals surface area contributed by atoms with E-state index in [2.05, 4.69) is 10.6 Å². The first-order valence-electron chi connectivity index (χ1n) is 13.2. The van der Waals surface area contributed by atoms with E-state index in [9.17, 15) is 22.8 Å². The summed E-state index contributed by atoms with van der Waals surface area (Å²) in [6.07, 6.45) is 4.77. The molecule has 0 aromatic heterocycles. The van der Waals surface area contributed by atoms with Crippen LogP contribution in [0, 0.1) is 11.8 Å². The molecule has 4 aliphatic rings. The summed E-state index contributed by atoms with van der Waals surface area (Å²) in [5.74, 6) is -2.47. The van der Waals surface area contributed by atoms with Gasteiger partial charge >= 0.3 is 0 Å². The lowest BCUT2D eigenvalue weighted by molar-refractivity contribution is -0.140. The topological polar surface area (TPSA) is 113 Å². The van der Waals surface area contributed by atoms with Crippen LogP contribution >= 0.6 is 0 Å². The molecule has 1 aliphatic carbocycles. The van der Waals surface area contributed by atoms with E-state index in [1.165, 1.54) is 4.90 Å². The highest BCUT2D eigenvalue weighted by Gasteiger charge is 2.72. The van der Waals surface area contributed by atoms with E-state index >= 15 is 0 Å². The third-order valence-electron chi connectivity index (χ3n) is 8.70. The van der Waals surface area contributed by atoms with Gasteiger partial charge in [0.05, 0.1) is 18.1 Å². The molecule has 38 heavy (non-hydrogen) atoms. The van der Waals surface area contributed by atoms with Crippen LogP contribution in [0.4, 0.5) is 0 Å². The van der Waals surface area contributed by atoms with Gasteiger partial charge in [0.1, 0.15) is 10.5 Å². The van der Waals surface area contributed by atoms with Crippen LogP contribution in [0.2, 0.25) is 0 Å². The van der Waals surface area contributed by atoms with Crippen molar-refractivity contribution in [2.45, 2.75) is 48.4 Å². The lowest BCUT2D eigenvalue weighted by Crippen LogP contribution is -2.53. The first-order chi connectivity index (χ1) is 18.3. The largest absolute Gasteiger partial charge is 0.345 e. The summed E-state index contributed by atoms with van der Waals surface area (Å²) in [7, 11) is -4.11. The Bertz CT molecular complexity index is 1440. The van der Waals surface area contributed by atoms with Gasteiger partial charge in [0.25, 0.3) is 0 Å². The van der Waals surface area contributed by atoms with Gasteiger partial charge in [0.2, 0.25) is 11.8 Å². The molecule has 1 spiro atoms. The van der Waals surface area contributed by atoms with Crippen molar-refractivity contribution >= 4 is 33.5 Å². The highest BCUT2D eigenvalue weighted by molar-refractivity contribution is 7.93. The molecule has 2 amide bonds. The number of benzene rings is 2. The molecule has 6 rings (SSSR count). The molecule has 9 heteroatoms. The molecule has 3 aliphatic heterocycles. The van der Waals surface area contributed by atoms with Crippen LogP contribution in [0.1, 0.15) is 41.7 Å². The maximum Gasteiger partial charge on any atom is 0.242 e. The lowest BCUT2D eigenvalue weighted by Gasteiger charge is -2.36. The molecule has 6 atom stereocenters. The fourth-order valence-electron chi connectivity index (χ4n) is 6.99. The number of carbonyl (C=O) groups excluding carboxylic acids is 3. The fraction of sp³-hybridized carbons (Fsp3) is 0.414. The van der Waals surface area contributed by atoms with E-state index in [0.29, 0.717) is 24.9 Å². The monoisotopic (exact) mass is 533 g/mol. The Balaban J connectivity index is 1.49. The van der Waals surface area contributed by atoms with Gasteiger partial charge < -0.3 is 15.5 Å². The van der Waals surface area contributed by atoms with Gasteiger partial charge in [0, 0.05) is 18.4 Å². The van der Waals surface area contributed by atoms with Gasteiger partial charge in [0.15, 0.2) is 15.6 Å². The third-order valence-corrected chi connectivity index (χ3v) is 11.2.